The molecule has 0 amide bonds. The lowest BCUT2D eigenvalue weighted by molar-refractivity contribution is -0.385. The normalized spacial score (nSPS) is 11.3. The Labute approximate surface area is 157 Å². The molecule has 1 heterocycles. The van der Waals surface area contributed by atoms with Gasteiger partial charge in [-0.2, -0.15) is 4.98 Å². The fourth-order valence-corrected chi connectivity index (χ4v) is 3.40. The number of benzene rings is 1. The highest BCUT2D eigenvalue weighted by Gasteiger charge is 2.16. The maximum atomic E-state index is 12.1. The molecule has 2 aromatic rings. The molecule has 0 unspecified atom stereocenters. The third-order valence-electron chi connectivity index (χ3n) is 2.99. The maximum absolute atomic E-state index is 12.1. The molecule has 25 heavy (non-hydrogen) atoms. The Bertz CT molecular complexity index is 880. The number of hydrogen-bond acceptors (Lipinski definition) is 7. The zero-order valence-corrected chi connectivity index (χ0v) is 15.8. The zero-order chi connectivity index (χ0) is 18.4. The van der Waals surface area contributed by atoms with Gasteiger partial charge in [0.05, 0.1) is 14.3 Å². The molecule has 134 valence electrons. The van der Waals surface area contributed by atoms with Crippen molar-refractivity contribution in [3.8, 4) is 0 Å². The molecule has 0 aliphatic carbocycles. The largest absolute Gasteiger partial charge is 0.369 e. The van der Waals surface area contributed by atoms with Crippen LogP contribution < -0.4 is 10.0 Å². The van der Waals surface area contributed by atoms with Crippen molar-refractivity contribution in [2.24, 2.45) is 0 Å². The third kappa shape index (κ3) is 5.59. The van der Waals surface area contributed by atoms with Crippen LogP contribution in [0.1, 0.15) is 6.42 Å². The lowest BCUT2D eigenvalue weighted by atomic mass is 10.3. The number of anilines is 1. The van der Waals surface area contributed by atoms with E-state index in [0.29, 0.717) is 23.3 Å². The molecule has 2 rings (SSSR count). The standard InChI is InChI=1S/C13H13BrClN5O4S/c14-11-8-17-13(15)19-12(11)16-5-2-6-18-25(23,24)10-4-1-3-9(7-10)20(21)22/h1,3-4,7-8,18H,2,5-6H2,(H,16,17,19). The van der Waals surface area contributed by atoms with E-state index in [1.165, 1.54) is 24.4 Å². The zero-order valence-electron chi connectivity index (χ0n) is 12.6. The molecule has 0 aliphatic rings. The van der Waals surface area contributed by atoms with Crippen LogP contribution in [0.2, 0.25) is 5.28 Å². The fraction of sp³-hybridized carbons (Fsp3) is 0.231. The number of aromatic nitrogens is 2. The average Bonchev–Trinajstić information content (AvgIpc) is 2.57. The van der Waals surface area contributed by atoms with Crippen molar-refractivity contribution in [2.75, 3.05) is 18.4 Å². The van der Waals surface area contributed by atoms with Crippen molar-refractivity contribution in [3.63, 3.8) is 0 Å². The van der Waals surface area contributed by atoms with Crippen molar-refractivity contribution in [1.29, 1.82) is 0 Å². The van der Waals surface area contributed by atoms with E-state index >= 15 is 0 Å². The smallest absolute Gasteiger partial charge is 0.270 e. The summed E-state index contributed by atoms with van der Waals surface area (Å²) in [6, 6.07) is 4.87. The number of sulfonamides is 1. The Hall–Kier alpha value is -1.82. The first-order valence-corrected chi connectivity index (χ1v) is 9.61. The summed E-state index contributed by atoms with van der Waals surface area (Å²) in [7, 11) is -3.81. The molecular formula is C13H13BrClN5O4S. The van der Waals surface area contributed by atoms with Crippen LogP contribution in [0.4, 0.5) is 11.5 Å². The number of halogens is 2. The molecule has 0 radical (unpaired) electrons. The second-order valence-corrected chi connectivity index (χ2v) is 7.73. The van der Waals surface area contributed by atoms with Crippen LogP contribution in [-0.2, 0) is 10.0 Å². The molecule has 0 saturated carbocycles. The van der Waals surface area contributed by atoms with Crippen molar-refractivity contribution in [2.45, 2.75) is 11.3 Å². The first kappa shape index (κ1) is 19.5. The van der Waals surface area contributed by atoms with Crippen LogP contribution in [0.5, 0.6) is 0 Å². The van der Waals surface area contributed by atoms with Gasteiger partial charge in [-0.3, -0.25) is 10.1 Å². The summed E-state index contributed by atoms with van der Waals surface area (Å²) >= 11 is 8.96. The van der Waals surface area contributed by atoms with Crippen LogP contribution in [0.15, 0.2) is 39.8 Å². The topological polar surface area (TPSA) is 127 Å². The number of nitrogens with zero attached hydrogens (tertiary/aromatic N) is 3. The lowest BCUT2D eigenvalue weighted by Gasteiger charge is -2.09. The van der Waals surface area contributed by atoms with E-state index in [4.69, 9.17) is 11.6 Å². The van der Waals surface area contributed by atoms with Gasteiger partial charge in [-0.05, 0) is 40.0 Å². The molecule has 0 aliphatic heterocycles. The van der Waals surface area contributed by atoms with Crippen LogP contribution in [0.3, 0.4) is 0 Å². The van der Waals surface area contributed by atoms with Gasteiger partial charge in [0.2, 0.25) is 15.3 Å². The van der Waals surface area contributed by atoms with Crippen LogP contribution in [0.25, 0.3) is 0 Å². The predicted octanol–water partition coefficient (Wildman–Crippen LogP) is 2.58. The number of rotatable bonds is 8. The minimum Gasteiger partial charge on any atom is -0.369 e. The van der Waals surface area contributed by atoms with Gasteiger partial charge in [0.1, 0.15) is 5.82 Å². The summed E-state index contributed by atoms with van der Waals surface area (Å²) < 4.78 is 27.3. The SMILES string of the molecule is O=[N+]([O-])c1cccc(S(=O)(=O)NCCCNc2nc(Cl)ncc2Br)c1. The lowest BCUT2D eigenvalue weighted by Crippen LogP contribution is -2.26. The first-order chi connectivity index (χ1) is 11.8. The predicted molar refractivity (Wildman–Crippen MR) is 96.1 cm³/mol. The Kier molecular flexibility index (Phi) is 6.64. The van der Waals surface area contributed by atoms with Crippen LogP contribution in [-0.4, -0.2) is 36.4 Å². The Balaban J connectivity index is 1.87. The minimum atomic E-state index is -3.81. The van der Waals surface area contributed by atoms with Gasteiger partial charge in [-0.25, -0.2) is 18.1 Å². The van der Waals surface area contributed by atoms with E-state index in [1.807, 2.05) is 0 Å². The first-order valence-electron chi connectivity index (χ1n) is 6.95. The number of hydrogen-bond donors (Lipinski definition) is 2. The van der Waals surface area contributed by atoms with Gasteiger partial charge in [-0.15, -0.1) is 0 Å². The summed E-state index contributed by atoms with van der Waals surface area (Å²) in [6.45, 7) is 0.581. The third-order valence-corrected chi connectivity index (χ3v) is 5.21. The molecule has 0 atom stereocenters. The van der Waals surface area contributed by atoms with Gasteiger partial charge < -0.3 is 5.32 Å². The second-order valence-electron chi connectivity index (χ2n) is 4.77. The maximum Gasteiger partial charge on any atom is 0.270 e. The molecular weight excluding hydrogens is 438 g/mol. The van der Waals surface area contributed by atoms with Crippen molar-refractivity contribution in [3.05, 3.63) is 50.3 Å². The van der Waals surface area contributed by atoms with E-state index in [2.05, 4.69) is 35.9 Å². The highest BCUT2D eigenvalue weighted by Crippen LogP contribution is 2.20. The summed E-state index contributed by atoms with van der Waals surface area (Å²) in [4.78, 5) is 17.7. The van der Waals surface area contributed by atoms with Gasteiger partial charge in [0.15, 0.2) is 0 Å². The van der Waals surface area contributed by atoms with E-state index in [0.717, 1.165) is 6.07 Å². The van der Waals surface area contributed by atoms with Gasteiger partial charge >= 0.3 is 0 Å². The summed E-state index contributed by atoms with van der Waals surface area (Å²) in [5, 5.41) is 13.8. The molecule has 0 spiro atoms. The quantitative estimate of drug-likeness (QED) is 0.274. The summed E-state index contributed by atoms with van der Waals surface area (Å²) in [5.41, 5.74) is -0.282. The Morgan fingerprint density at radius 2 is 2.08 bits per heavy atom. The van der Waals surface area contributed by atoms with E-state index in [-0.39, 0.29) is 22.4 Å². The summed E-state index contributed by atoms with van der Waals surface area (Å²) in [6.07, 6.45) is 1.96. The van der Waals surface area contributed by atoms with Crippen molar-refractivity contribution < 1.29 is 13.3 Å². The number of nitro groups is 1. The number of nitro benzene ring substituents is 1. The van der Waals surface area contributed by atoms with E-state index in [9.17, 15) is 18.5 Å². The van der Waals surface area contributed by atoms with E-state index in [1.54, 1.807) is 0 Å². The molecule has 0 bridgehead atoms. The van der Waals surface area contributed by atoms with Crippen molar-refractivity contribution >= 4 is 49.1 Å². The Morgan fingerprint density at radius 1 is 1.32 bits per heavy atom. The molecule has 0 fully saturated rings. The number of non-ortho nitro benzene ring substituents is 1. The fourth-order valence-electron chi connectivity index (χ4n) is 1.82. The van der Waals surface area contributed by atoms with Crippen LogP contribution in [0, 0.1) is 10.1 Å². The monoisotopic (exact) mass is 449 g/mol. The second kappa shape index (κ2) is 8.52. The molecule has 0 saturated heterocycles. The van der Waals surface area contributed by atoms with Gasteiger partial charge in [0, 0.05) is 31.4 Å². The molecule has 1 aromatic carbocycles. The number of nitrogens with one attached hydrogen (secondary N) is 2. The van der Waals surface area contributed by atoms with E-state index < -0.39 is 14.9 Å². The highest BCUT2D eigenvalue weighted by molar-refractivity contribution is 9.10. The minimum absolute atomic E-state index is 0.0945. The Morgan fingerprint density at radius 3 is 2.80 bits per heavy atom. The van der Waals surface area contributed by atoms with Crippen LogP contribution >= 0.6 is 27.5 Å². The molecule has 2 N–H and O–H groups in total. The summed E-state index contributed by atoms with van der Waals surface area (Å²) in [5.74, 6) is 0.501. The molecule has 1 aromatic heterocycles. The highest BCUT2D eigenvalue weighted by atomic mass is 79.9. The van der Waals surface area contributed by atoms with Gasteiger partial charge in [0.25, 0.3) is 5.69 Å². The van der Waals surface area contributed by atoms with Gasteiger partial charge in [-0.1, -0.05) is 6.07 Å². The molecule has 9 nitrogen and oxygen atoms in total. The molecule has 12 heteroatoms. The van der Waals surface area contributed by atoms with Crippen molar-refractivity contribution in [1.82, 2.24) is 14.7 Å². The average molecular weight is 451 g/mol.